The maximum absolute atomic E-state index is 12.6. The van der Waals surface area contributed by atoms with E-state index in [0.29, 0.717) is 25.4 Å². The molecule has 0 unspecified atom stereocenters. The largest absolute Gasteiger partial charge is 0.497 e. The van der Waals surface area contributed by atoms with E-state index in [4.69, 9.17) is 9.47 Å². The Balaban J connectivity index is 1.66. The highest BCUT2D eigenvalue weighted by atomic mass is 16.5. The van der Waals surface area contributed by atoms with Crippen LogP contribution in [0.25, 0.3) is 0 Å². The van der Waals surface area contributed by atoms with E-state index in [2.05, 4.69) is 5.10 Å². The third-order valence-electron chi connectivity index (χ3n) is 4.06. The number of nitrogens with zero attached hydrogens (tertiary/aromatic N) is 3. The summed E-state index contributed by atoms with van der Waals surface area (Å²) in [7, 11) is 3.44. The summed E-state index contributed by atoms with van der Waals surface area (Å²) in [5.74, 6) is 0.838. The standard InChI is InChI=1S/C17H21N3O3/c1-19-16(6-7-18-19)17(21)20-8-9-23-15(12-20)11-13-4-3-5-14(10-13)22-2/h3-7,10,15H,8-9,11-12H2,1-2H3/t15-/m0/s1. The Hall–Kier alpha value is -2.34. The number of aryl methyl sites for hydroxylation is 1. The molecule has 1 atom stereocenters. The normalized spacial score (nSPS) is 18.0. The second-order valence-corrected chi connectivity index (χ2v) is 5.64. The minimum atomic E-state index is -0.00645. The maximum Gasteiger partial charge on any atom is 0.272 e. The highest BCUT2D eigenvalue weighted by Crippen LogP contribution is 2.18. The van der Waals surface area contributed by atoms with E-state index in [0.717, 1.165) is 17.7 Å². The van der Waals surface area contributed by atoms with Gasteiger partial charge in [-0.15, -0.1) is 0 Å². The summed E-state index contributed by atoms with van der Waals surface area (Å²) in [5, 5.41) is 4.06. The number of methoxy groups -OCH3 is 1. The quantitative estimate of drug-likeness (QED) is 0.858. The Morgan fingerprint density at radius 1 is 1.43 bits per heavy atom. The number of hydrogen-bond acceptors (Lipinski definition) is 4. The molecular formula is C17H21N3O3. The molecule has 1 aliphatic rings. The molecule has 1 aromatic carbocycles. The minimum absolute atomic E-state index is 0.00365. The van der Waals surface area contributed by atoms with Crippen molar-refractivity contribution in [2.24, 2.45) is 7.05 Å². The van der Waals surface area contributed by atoms with Gasteiger partial charge in [0.2, 0.25) is 0 Å². The van der Waals surface area contributed by atoms with Gasteiger partial charge in [-0.2, -0.15) is 5.10 Å². The third-order valence-corrected chi connectivity index (χ3v) is 4.06. The molecule has 0 spiro atoms. The SMILES string of the molecule is COc1cccc(C[C@H]2CN(C(=O)c3ccnn3C)CCO2)c1. The van der Waals surface area contributed by atoms with Crippen molar-refractivity contribution < 1.29 is 14.3 Å². The van der Waals surface area contributed by atoms with Crippen molar-refractivity contribution in [3.05, 3.63) is 47.8 Å². The third kappa shape index (κ3) is 3.53. The first-order valence-corrected chi connectivity index (χ1v) is 7.69. The second-order valence-electron chi connectivity index (χ2n) is 5.64. The van der Waals surface area contributed by atoms with Crippen LogP contribution in [0.5, 0.6) is 5.75 Å². The Morgan fingerprint density at radius 3 is 3.04 bits per heavy atom. The van der Waals surface area contributed by atoms with Gasteiger partial charge in [-0.3, -0.25) is 9.48 Å². The van der Waals surface area contributed by atoms with Crippen molar-refractivity contribution >= 4 is 5.91 Å². The van der Waals surface area contributed by atoms with E-state index in [1.807, 2.05) is 29.2 Å². The highest BCUT2D eigenvalue weighted by molar-refractivity contribution is 5.92. The summed E-state index contributed by atoms with van der Waals surface area (Å²) in [6.07, 6.45) is 2.39. The van der Waals surface area contributed by atoms with Crippen molar-refractivity contribution in [3.8, 4) is 5.75 Å². The maximum atomic E-state index is 12.6. The molecule has 0 N–H and O–H groups in total. The van der Waals surface area contributed by atoms with Crippen molar-refractivity contribution in [3.63, 3.8) is 0 Å². The summed E-state index contributed by atoms with van der Waals surface area (Å²) in [6, 6.07) is 9.69. The minimum Gasteiger partial charge on any atom is -0.497 e. The molecule has 1 amide bonds. The van der Waals surface area contributed by atoms with Crippen molar-refractivity contribution in [1.29, 1.82) is 0 Å². The average molecular weight is 315 g/mol. The molecule has 0 aliphatic carbocycles. The average Bonchev–Trinajstić information content (AvgIpc) is 3.00. The molecule has 0 bridgehead atoms. The van der Waals surface area contributed by atoms with Crippen LogP contribution in [0.3, 0.4) is 0 Å². The predicted octanol–water partition coefficient (Wildman–Crippen LogP) is 1.51. The molecule has 23 heavy (non-hydrogen) atoms. The topological polar surface area (TPSA) is 56.6 Å². The van der Waals surface area contributed by atoms with E-state index < -0.39 is 0 Å². The molecule has 0 radical (unpaired) electrons. The van der Waals surface area contributed by atoms with E-state index >= 15 is 0 Å². The lowest BCUT2D eigenvalue weighted by atomic mass is 10.1. The predicted molar refractivity (Wildman–Crippen MR) is 85.5 cm³/mol. The summed E-state index contributed by atoms with van der Waals surface area (Å²) in [6.45, 7) is 1.75. The van der Waals surface area contributed by atoms with Crippen LogP contribution < -0.4 is 4.74 Å². The Morgan fingerprint density at radius 2 is 2.30 bits per heavy atom. The van der Waals surface area contributed by atoms with Gasteiger partial charge in [-0.1, -0.05) is 12.1 Å². The van der Waals surface area contributed by atoms with Crippen LogP contribution in [0.4, 0.5) is 0 Å². The molecular weight excluding hydrogens is 294 g/mol. The number of carbonyl (C=O) groups excluding carboxylic acids is 1. The zero-order valence-electron chi connectivity index (χ0n) is 13.4. The van der Waals surface area contributed by atoms with Crippen LogP contribution in [-0.4, -0.2) is 53.5 Å². The molecule has 2 heterocycles. The Kier molecular flexibility index (Phi) is 4.62. The number of benzene rings is 1. The van der Waals surface area contributed by atoms with E-state index in [1.54, 1.807) is 31.1 Å². The fourth-order valence-electron chi connectivity index (χ4n) is 2.84. The van der Waals surface area contributed by atoms with Gasteiger partial charge in [0, 0.05) is 32.8 Å². The van der Waals surface area contributed by atoms with Crippen molar-refractivity contribution in [1.82, 2.24) is 14.7 Å². The molecule has 1 aromatic heterocycles. The molecule has 122 valence electrons. The van der Waals surface area contributed by atoms with Crippen LogP contribution in [0.2, 0.25) is 0 Å². The van der Waals surface area contributed by atoms with Gasteiger partial charge in [-0.25, -0.2) is 0 Å². The highest BCUT2D eigenvalue weighted by Gasteiger charge is 2.26. The molecule has 6 heteroatoms. The number of hydrogen-bond donors (Lipinski definition) is 0. The first-order chi connectivity index (χ1) is 11.2. The van der Waals surface area contributed by atoms with Crippen molar-refractivity contribution in [2.45, 2.75) is 12.5 Å². The smallest absolute Gasteiger partial charge is 0.272 e. The van der Waals surface area contributed by atoms with Crippen LogP contribution in [0.1, 0.15) is 16.1 Å². The monoisotopic (exact) mass is 315 g/mol. The van der Waals surface area contributed by atoms with Gasteiger partial charge in [0.25, 0.3) is 5.91 Å². The first kappa shape index (κ1) is 15.6. The number of rotatable bonds is 4. The lowest BCUT2D eigenvalue weighted by Gasteiger charge is -2.33. The van der Waals surface area contributed by atoms with Gasteiger partial charge in [-0.05, 0) is 23.8 Å². The fraction of sp³-hybridized carbons (Fsp3) is 0.412. The molecule has 2 aromatic rings. The molecule has 1 aliphatic heterocycles. The van der Waals surface area contributed by atoms with Gasteiger partial charge in [0.1, 0.15) is 11.4 Å². The van der Waals surface area contributed by atoms with Gasteiger partial charge >= 0.3 is 0 Å². The Bertz CT molecular complexity index is 683. The van der Waals surface area contributed by atoms with E-state index in [-0.39, 0.29) is 12.0 Å². The van der Waals surface area contributed by atoms with Crippen molar-refractivity contribution in [2.75, 3.05) is 26.8 Å². The molecule has 3 rings (SSSR count). The molecule has 6 nitrogen and oxygen atoms in total. The number of carbonyl (C=O) groups is 1. The van der Waals surface area contributed by atoms with Gasteiger partial charge in [0.05, 0.1) is 19.8 Å². The first-order valence-electron chi connectivity index (χ1n) is 7.69. The van der Waals surface area contributed by atoms with Gasteiger partial charge < -0.3 is 14.4 Å². The number of morpholine rings is 1. The molecule has 0 saturated carbocycles. The fourth-order valence-corrected chi connectivity index (χ4v) is 2.84. The van der Waals surface area contributed by atoms with Crippen LogP contribution in [0, 0.1) is 0 Å². The van der Waals surface area contributed by atoms with E-state index in [9.17, 15) is 4.79 Å². The lowest BCUT2D eigenvalue weighted by molar-refractivity contribution is -0.0211. The number of aromatic nitrogens is 2. The summed E-state index contributed by atoms with van der Waals surface area (Å²) in [5.41, 5.74) is 1.75. The molecule has 1 fully saturated rings. The zero-order chi connectivity index (χ0) is 16.2. The Labute approximate surface area is 135 Å². The molecule has 1 saturated heterocycles. The second kappa shape index (κ2) is 6.83. The summed E-state index contributed by atoms with van der Waals surface area (Å²) in [4.78, 5) is 14.4. The summed E-state index contributed by atoms with van der Waals surface area (Å²) < 4.78 is 12.7. The van der Waals surface area contributed by atoms with Crippen LogP contribution in [-0.2, 0) is 18.2 Å². The van der Waals surface area contributed by atoms with Gasteiger partial charge in [0.15, 0.2) is 0 Å². The van der Waals surface area contributed by atoms with E-state index in [1.165, 1.54) is 0 Å². The number of amides is 1. The number of ether oxygens (including phenoxy) is 2. The zero-order valence-corrected chi connectivity index (χ0v) is 13.4. The van der Waals surface area contributed by atoms with Crippen LogP contribution in [0.15, 0.2) is 36.5 Å². The summed E-state index contributed by atoms with van der Waals surface area (Å²) >= 11 is 0. The lowest BCUT2D eigenvalue weighted by Crippen LogP contribution is -2.46. The van der Waals surface area contributed by atoms with Crippen LogP contribution >= 0.6 is 0 Å².